The number of benzene rings is 1. The molecule has 0 aliphatic rings. The summed E-state index contributed by atoms with van der Waals surface area (Å²) in [5, 5.41) is 0. The first-order chi connectivity index (χ1) is 14.7. The molecule has 0 saturated carbocycles. The summed E-state index contributed by atoms with van der Waals surface area (Å²) in [5.41, 5.74) is 3.02. The lowest BCUT2D eigenvalue weighted by molar-refractivity contribution is 0.0521. The van der Waals surface area contributed by atoms with Crippen LogP contribution in [-0.2, 0) is 17.6 Å². The van der Waals surface area contributed by atoms with Crippen molar-refractivity contribution >= 4 is 5.97 Å². The molecule has 172 valence electrons. The molecule has 0 amide bonds. The van der Waals surface area contributed by atoms with E-state index in [-0.39, 0.29) is 5.97 Å². The fraction of sp³-hybridized carbons (Fsp3) is 0.741. The van der Waals surface area contributed by atoms with Crippen molar-refractivity contribution in [1.29, 1.82) is 0 Å². The van der Waals surface area contributed by atoms with Crippen LogP contribution < -0.4 is 4.74 Å². The van der Waals surface area contributed by atoms with E-state index in [1.54, 1.807) is 0 Å². The van der Waals surface area contributed by atoms with E-state index in [2.05, 4.69) is 26.8 Å². The van der Waals surface area contributed by atoms with E-state index < -0.39 is 0 Å². The standard InChI is InChI=1S/C27H46O3/c1-5-9-12-13-14-15-16-17-20-30-26-24(19-11-7-3)21-23(18-10-6-2)22-25(26)27(28)29-8-4/h21-22H,5-20H2,1-4H3. The van der Waals surface area contributed by atoms with Gasteiger partial charge in [-0.25, -0.2) is 4.79 Å². The minimum Gasteiger partial charge on any atom is -0.492 e. The first-order valence-electron chi connectivity index (χ1n) is 12.6. The molecule has 3 heteroatoms. The third-order valence-corrected chi connectivity index (χ3v) is 5.58. The molecule has 1 aromatic carbocycles. The summed E-state index contributed by atoms with van der Waals surface area (Å²) in [7, 11) is 0. The van der Waals surface area contributed by atoms with Gasteiger partial charge in [-0.3, -0.25) is 0 Å². The first kappa shape index (κ1) is 26.5. The Kier molecular flexibility index (Phi) is 15.2. The average Bonchev–Trinajstić information content (AvgIpc) is 2.75. The zero-order valence-corrected chi connectivity index (χ0v) is 20.2. The summed E-state index contributed by atoms with van der Waals surface area (Å²) in [6.07, 6.45) is 16.7. The van der Waals surface area contributed by atoms with Gasteiger partial charge in [-0.1, -0.05) is 84.6 Å². The van der Waals surface area contributed by atoms with Crippen molar-refractivity contribution in [1.82, 2.24) is 0 Å². The minimum atomic E-state index is -0.250. The molecule has 1 rings (SSSR count). The summed E-state index contributed by atoms with van der Waals surface area (Å²) in [4.78, 5) is 12.7. The molecule has 30 heavy (non-hydrogen) atoms. The van der Waals surface area contributed by atoms with Crippen molar-refractivity contribution in [2.45, 2.75) is 118 Å². The molecule has 0 fully saturated rings. The molecular formula is C27H46O3. The van der Waals surface area contributed by atoms with Gasteiger partial charge in [0.25, 0.3) is 0 Å². The number of hydrogen-bond acceptors (Lipinski definition) is 3. The van der Waals surface area contributed by atoms with E-state index in [9.17, 15) is 4.79 Å². The third kappa shape index (κ3) is 10.5. The number of hydrogen-bond donors (Lipinski definition) is 0. The van der Waals surface area contributed by atoms with Crippen LogP contribution in [-0.4, -0.2) is 19.2 Å². The average molecular weight is 419 g/mol. The fourth-order valence-electron chi connectivity index (χ4n) is 3.77. The second kappa shape index (κ2) is 17.2. The van der Waals surface area contributed by atoms with Crippen molar-refractivity contribution in [3.8, 4) is 5.75 Å². The Hall–Kier alpha value is -1.51. The van der Waals surface area contributed by atoms with E-state index in [0.717, 1.165) is 50.7 Å². The minimum absolute atomic E-state index is 0.250. The number of rotatable bonds is 18. The van der Waals surface area contributed by atoms with Crippen LogP contribution in [0.2, 0.25) is 0 Å². The largest absolute Gasteiger partial charge is 0.492 e. The highest BCUT2D eigenvalue weighted by Crippen LogP contribution is 2.30. The summed E-state index contributed by atoms with van der Waals surface area (Å²) in [5.74, 6) is 0.518. The summed E-state index contributed by atoms with van der Waals surface area (Å²) in [6.45, 7) is 9.58. The van der Waals surface area contributed by atoms with E-state index >= 15 is 0 Å². The molecule has 0 aliphatic carbocycles. The molecule has 0 aromatic heterocycles. The number of carbonyl (C=O) groups is 1. The zero-order valence-electron chi connectivity index (χ0n) is 20.2. The number of esters is 1. The van der Waals surface area contributed by atoms with Gasteiger partial charge in [0, 0.05) is 0 Å². The molecule has 0 bridgehead atoms. The van der Waals surface area contributed by atoms with Gasteiger partial charge in [0.1, 0.15) is 11.3 Å². The van der Waals surface area contributed by atoms with Gasteiger partial charge in [-0.15, -0.1) is 0 Å². The normalized spacial score (nSPS) is 10.9. The Balaban J connectivity index is 2.79. The molecule has 3 nitrogen and oxygen atoms in total. The Morgan fingerprint density at radius 2 is 1.33 bits per heavy atom. The van der Waals surface area contributed by atoms with Crippen LogP contribution >= 0.6 is 0 Å². The Bertz CT molecular complexity index is 580. The smallest absolute Gasteiger partial charge is 0.341 e. The number of ether oxygens (including phenoxy) is 2. The maximum Gasteiger partial charge on any atom is 0.341 e. The summed E-state index contributed by atoms with van der Waals surface area (Å²) >= 11 is 0. The van der Waals surface area contributed by atoms with Crippen LogP contribution in [0, 0.1) is 0 Å². The molecule has 0 saturated heterocycles. The maximum atomic E-state index is 12.7. The van der Waals surface area contributed by atoms with Crippen LogP contribution in [0.4, 0.5) is 0 Å². The van der Waals surface area contributed by atoms with Gasteiger partial charge < -0.3 is 9.47 Å². The highest BCUT2D eigenvalue weighted by atomic mass is 16.5. The molecular weight excluding hydrogens is 372 g/mol. The molecule has 1 aromatic rings. The van der Waals surface area contributed by atoms with Crippen LogP contribution in [0.15, 0.2) is 12.1 Å². The van der Waals surface area contributed by atoms with Crippen molar-refractivity contribution in [2.24, 2.45) is 0 Å². The Morgan fingerprint density at radius 1 is 0.733 bits per heavy atom. The van der Waals surface area contributed by atoms with Crippen LogP contribution in [0.3, 0.4) is 0 Å². The van der Waals surface area contributed by atoms with Crippen molar-refractivity contribution < 1.29 is 14.3 Å². The SMILES string of the molecule is CCCCCCCCCCOc1c(CCCC)cc(CCCC)cc1C(=O)OCC. The predicted molar refractivity (Wildman–Crippen MR) is 128 cm³/mol. The fourth-order valence-corrected chi connectivity index (χ4v) is 3.77. The second-order valence-electron chi connectivity index (χ2n) is 8.38. The molecule has 0 atom stereocenters. The van der Waals surface area contributed by atoms with Crippen molar-refractivity contribution in [2.75, 3.05) is 13.2 Å². The van der Waals surface area contributed by atoms with Crippen LogP contribution in [0.25, 0.3) is 0 Å². The van der Waals surface area contributed by atoms with Crippen molar-refractivity contribution in [3.05, 3.63) is 28.8 Å². The van der Waals surface area contributed by atoms with E-state index in [4.69, 9.17) is 9.47 Å². The highest BCUT2D eigenvalue weighted by molar-refractivity contribution is 5.93. The molecule has 0 aliphatic heterocycles. The lowest BCUT2D eigenvalue weighted by Gasteiger charge is -2.17. The van der Waals surface area contributed by atoms with E-state index in [1.165, 1.54) is 56.1 Å². The van der Waals surface area contributed by atoms with Gasteiger partial charge >= 0.3 is 5.97 Å². The first-order valence-corrected chi connectivity index (χ1v) is 12.6. The monoisotopic (exact) mass is 418 g/mol. The van der Waals surface area contributed by atoms with Gasteiger partial charge in [0.15, 0.2) is 0 Å². The quantitative estimate of drug-likeness (QED) is 0.179. The lowest BCUT2D eigenvalue weighted by Crippen LogP contribution is -2.12. The predicted octanol–water partition coefficient (Wildman–Crippen LogP) is 8.07. The van der Waals surface area contributed by atoms with Gasteiger partial charge in [0.05, 0.1) is 13.2 Å². The molecule has 0 unspecified atom stereocenters. The maximum absolute atomic E-state index is 12.7. The number of aryl methyl sites for hydroxylation is 2. The summed E-state index contributed by atoms with van der Waals surface area (Å²) < 4.78 is 11.6. The van der Waals surface area contributed by atoms with E-state index in [0.29, 0.717) is 18.8 Å². The molecule has 0 N–H and O–H groups in total. The lowest BCUT2D eigenvalue weighted by atomic mass is 9.97. The molecule has 0 heterocycles. The Labute approximate surface area is 185 Å². The van der Waals surface area contributed by atoms with Gasteiger partial charge in [0.2, 0.25) is 0 Å². The zero-order chi connectivity index (χ0) is 22.0. The van der Waals surface area contributed by atoms with Gasteiger partial charge in [-0.05, 0) is 56.2 Å². The van der Waals surface area contributed by atoms with Crippen LogP contribution in [0.1, 0.15) is 126 Å². The molecule has 0 spiro atoms. The number of unbranched alkanes of at least 4 members (excludes halogenated alkanes) is 9. The van der Waals surface area contributed by atoms with Gasteiger partial charge in [-0.2, -0.15) is 0 Å². The third-order valence-electron chi connectivity index (χ3n) is 5.58. The van der Waals surface area contributed by atoms with E-state index in [1.807, 2.05) is 13.0 Å². The number of carbonyl (C=O) groups excluding carboxylic acids is 1. The molecule has 0 radical (unpaired) electrons. The highest BCUT2D eigenvalue weighted by Gasteiger charge is 2.19. The topological polar surface area (TPSA) is 35.5 Å². The Morgan fingerprint density at radius 3 is 1.97 bits per heavy atom. The second-order valence-corrected chi connectivity index (χ2v) is 8.38. The summed E-state index contributed by atoms with van der Waals surface area (Å²) in [6, 6.07) is 4.27. The van der Waals surface area contributed by atoms with Crippen LogP contribution in [0.5, 0.6) is 5.75 Å². The van der Waals surface area contributed by atoms with Crippen molar-refractivity contribution in [3.63, 3.8) is 0 Å².